The van der Waals surface area contributed by atoms with E-state index in [9.17, 15) is 8.42 Å². The van der Waals surface area contributed by atoms with Crippen molar-refractivity contribution in [2.75, 3.05) is 6.79 Å². The second kappa shape index (κ2) is 4.08. The first-order valence-corrected chi connectivity index (χ1v) is 4.88. The minimum absolute atomic E-state index is 0. The molecule has 0 aromatic heterocycles. The van der Waals surface area contributed by atoms with Gasteiger partial charge in [-0.1, -0.05) is 0 Å². The summed E-state index contributed by atoms with van der Waals surface area (Å²) in [4.78, 5) is -0.197. The number of hydrogen-bond acceptors (Lipinski definition) is 4. The molecular formula is C7H6NaO5S. The van der Waals surface area contributed by atoms with Crippen LogP contribution in [0.15, 0.2) is 23.1 Å². The van der Waals surface area contributed by atoms with Crippen LogP contribution in [0.25, 0.3) is 0 Å². The predicted molar refractivity (Wildman–Crippen MR) is 48.1 cm³/mol. The summed E-state index contributed by atoms with van der Waals surface area (Å²) in [6.07, 6.45) is 0. The summed E-state index contributed by atoms with van der Waals surface area (Å²) in [6.45, 7) is 0.0737. The molecule has 71 valence electrons. The van der Waals surface area contributed by atoms with Gasteiger partial charge < -0.3 is 9.47 Å². The van der Waals surface area contributed by atoms with Crippen molar-refractivity contribution >= 4 is 39.7 Å². The normalized spacial score (nSPS) is 13.5. The van der Waals surface area contributed by atoms with E-state index in [1.54, 1.807) is 0 Å². The molecule has 0 saturated carbocycles. The van der Waals surface area contributed by atoms with Gasteiger partial charge in [-0.15, -0.1) is 0 Å². The van der Waals surface area contributed by atoms with Gasteiger partial charge in [0.15, 0.2) is 11.5 Å². The summed E-state index contributed by atoms with van der Waals surface area (Å²) in [5.41, 5.74) is 0. The Morgan fingerprint density at radius 2 is 1.86 bits per heavy atom. The molecule has 1 aliphatic heterocycles. The van der Waals surface area contributed by atoms with Gasteiger partial charge in [0, 0.05) is 35.6 Å². The van der Waals surface area contributed by atoms with E-state index >= 15 is 0 Å². The first kappa shape index (κ1) is 11.8. The van der Waals surface area contributed by atoms with Crippen LogP contribution in [0.4, 0.5) is 0 Å². The van der Waals surface area contributed by atoms with Gasteiger partial charge in [-0.3, -0.25) is 4.55 Å². The van der Waals surface area contributed by atoms with Crippen molar-refractivity contribution in [3.05, 3.63) is 18.2 Å². The molecule has 1 radical (unpaired) electrons. The van der Waals surface area contributed by atoms with E-state index < -0.39 is 10.1 Å². The third-order valence-corrected chi connectivity index (χ3v) is 2.49. The zero-order valence-corrected chi connectivity index (χ0v) is 10.2. The average Bonchev–Trinajstić information content (AvgIpc) is 2.47. The zero-order chi connectivity index (χ0) is 9.47. The van der Waals surface area contributed by atoms with Crippen LogP contribution in [0.5, 0.6) is 11.5 Å². The van der Waals surface area contributed by atoms with E-state index in [1.807, 2.05) is 0 Å². The van der Waals surface area contributed by atoms with Gasteiger partial charge in [0.25, 0.3) is 10.1 Å². The minimum Gasteiger partial charge on any atom is -0.454 e. The molecule has 7 heteroatoms. The molecule has 0 spiro atoms. The standard InChI is InChI=1S/C7H6O5S.Na/c8-13(9,10)5-1-2-6-7(3-5)12-4-11-6;/h1-3H,4H2,(H,8,9,10);. The van der Waals surface area contributed by atoms with E-state index in [0.29, 0.717) is 11.5 Å². The molecule has 0 unspecified atom stereocenters. The summed E-state index contributed by atoms with van der Waals surface area (Å²) in [5, 5.41) is 0. The molecule has 1 aliphatic rings. The molecule has 2 rings (SSSR count). The van der Waals surface area contributed by atoms with Crippen molar-refractivity contribution in [3.63, 3.8) is 0 Å². The monoisotopic (exact) mass is 225 g/mol. The van der Waals surface area contributed by atoms with E-state index in [4.69, 9.17) is 14.0 Å². The molecule has 0 saturated heterocycles. The van der Waals surface area contributed by atoms with Crippen LogP contribution in [0.3, 0.4) is 0 Å². The maximum absolute atomic E-state index is 10.7. The summed E-state index contributed by atoms with van der Waals surface area (Å²) in [7, 11) is -4.16. The van der Waals surface area contributed by atoms with Gasteiger partial charge in [-0.05, 0) is 12.1 Å². The fourth-order valence-corrected chi connectivity index (χ4v) is 1.53. The summed E-state index contributed by atoms with van der Waals surface area (Å²) in [6, 6.07) is 3.91. The topological polar surface area (TPSA) is 72.8 Å². The maximum Gasteiger partial charge on any atom is 0.294 e. The van der Waals surface area contributed by atoms with Crippen molar-refractivity contribution in [2.24, 2.45) is 0 Å². The van der Waals surface area contributed by atoms with Crippen LogP contribution >= 0.6 is 0 Å². The largest absolute Gasteiger partial charge is 0.454 e. The van der Waals surface area contributed by atoms with Crippen molar-refractivity contribution in [1.29, 1.82) is 0 Å². The second-order valence-corrected chi connectivity index (χ2v) is 3.91. The molecule has 1 N–H and O–H groups in total. The Kier molecular flexibility index (Phi) is 3.44. The summed E-state index contributed by atoms with van der Waals surface area (Å²) in [5.74, 6) is 0.808. The van der Waals surface area contributed by atoms with Gasteiger partial charge in [0.05, 0.1) is 4.90 Å². The Balaban J connectivity index is 0.000000980. The molecular weight excluding hydrogens is 219 g/mol. The van der Waals surface area contributed by atoms with E-state index in [-0.39, 0.29) is 41.2 Å². The third-order valence-electron chi connectivity index (χ3n) is 1.64. The number of benzene rings is 1. The Bertz CT molecular complexity index is 441. The summed E-state index contributed by atoms with van der Waals surface area (Å²) >= 11 is 0. The molecule has 0 bridgehead atoms. The van der Waals surface area contributed by atoms with E-state index in [2.05, 4.69) is 0 Å². The molecule has 1 aromatic carbocycles. The third kappa shape index (κ3) is 2.21. The first-order valence-electron chi connectivity index (χ1n) is 3.44. The molecule has 1 heterocycles. The smallest absolute Gasteiger partial charge is 0.294 e. The Morgan fingerprint density at radius 1 is 1.21 bits per heavy atom. The van der Waals surface area contributed by atoms with Gasteiger partial charge >= 0.3 is 0 Å². The van der Waals surface area contributed by atoms with Crippen molar-refractivity contribution in [1.82, 2.24) is 0 Å². The van der Waals surface area contributed by atoms with Crippen LogP contribution in [-0.4, -0.2) is 49.3 Å². The number of hydrogen-bond donors (Lipinski definition) is 1. The molecule has 5 nitrogen and oxygen atoms in total. The fourth-order valence-electron chi connectivity index (χ4n) is 1.04. The van der Waals surface area contributed by atoms with Crippen molar-refractivity contribution in [3.8, 4) is 11.5 Å². The Hall–Kier alpha value is -0.270. The van der Waals surface area contributed by atoms with Crippen LogP contribution in [0.2, 0.25) is 0 Å². The Morgan fingerprint density at radius 3 is 2.50 bits per heavy atom. The SMILES string of the molecule is O=S(=O)(O)c1ccc2c(c1)OCO2.[Na]. The van der Waals surface area contributed by atoms with Crippen LogP contribution in [-0.2, 0) is 10.1 Å². The summed E-state index contributed by atoms with van der Waals surface area (Å²) < 4.78 is 40.0. The van der Waals surface area contributed by atoms with E-state index in [0.717, 1.165) is 0 Å². The predicted octanol–water partition coefficient (Wildman–Crippen LogP) is 0.281. The Labute approximate surface area is 103 Å². The maximum atomic E-state index is 10.7. The molecule has 14 heavy (non-hydrogen) atoms. The van der Waals surface area contributed by atoms with Crippen molar-refractivity contribution < 1.29 is 22.4 Å². The molecule has 0 atom stereocenters. The van der Waals surface area contributed by atoms with Gasteiger partial charge in [-0.2, -0.15) is 8.42 Å². The van der Waals surface area contributed by atoms with Crippen LogP contribution in [0.1, 0.15) is 0 Å². The quantitative estimate of drug-likeness (QED) is 0.549. The van der Waals surface area contributed by atoms with Gasteiger partial charge in [-0.25, -0.2) is 0 Å². The number of ether oxygens (including phenoxy) is 2. The van der Waals surface area contributed by atoms with Crippen LogP contribution < -0.4 is 9.47 Å². The molecule has 0 fully saturated rings. The minimum atomic E-state index is -4.16. The number of rotatable bonds is 1. The zero-order valence-electron chi connectivity index (χ0n) is 7.43. The first-order chi connectivity index (χ1) is 6.07. The molecule has 1 aromatic rings. The van der Waals surface area contributed by atoms with E-state index in [1.165, 1.54) is 18.2 Å². The molecule has 0 amide bonds. The number of fused-ring (bicyclic) bond motifs is 1. The van der Waals surface area contributed by atoms with Crippen molar-refractivity contribution in [2.45, 2.75) is 4.90 Å². The van der Waals surface area contributed by atoms with Gasteiger partial charge in [0.1, 0.15) is 0 Å². The second-order valence-electron chi connectivity index (χ2n) is 2.49. The average molecular weight is 225 g/mol. The fraction of sp³-hybridized carbons (Fsp3) is 0.143. The molecule has 0 aliphatic carbocycles. The van der Waals surface area contributed by atoms with Crippen LogP contribution in [0, 0.1) is 0 Å². The van der Waals surface area contributed by atoms with Gasteiger partial charge in [0.2, 0.25) is 6.79 Å².